The number of halogens is 2. The first-order valence-electron chi connectivity index (χ1n) is 10.5. The molecule has 5 aromatic rings. The summed E-state index contributed by atoms with van der Waals surface area (Å²) in [6.07, 6.45) is 1.50. The van der Waals surface area contributed by atoms with Crippen LogP contribution in [-0.4, -0.2) is 31.8 Å². The molecule has 0 bridgehead atoms. The molecule has 0 fully saturated rings. The van der Waals surface area contributed by atoms with Crippen molar-refractivity contribution in [3.8, 4) is 11.3 Å². The van der Waals surface area contributed by atoms with E-state index in [2.05, 4.69) is 20.3 Å². The lowest BCUT2D eigenvalue weighted by Gasteiger charge is -2.14. The minimum atomic E-state index is -1.02. The second-order valence-corrected chi connectivity index (χ2v) is 8.24. The number of carboxylic acids is 1. The first-order chi connectivity index (χ1) is 16.8. The van der Waals surface area contributed by atoms with E-state index in [-0.39, 0.29) is 34.1 Å². The van der Waals surface area contributed by atoms with E-state index >= 15 is 4.39 Å². The maximum Gasteiger partial charge on any atom is 0.335 e. The summed E-state index contributed by atoms with van der Waals surface area (Å²) in [6.45, 7) is 1.37. The highest BCUT2D eigenvalue weighted by atomic mass is 35.5. The molecule has 0 aliphatic rings. The van der Waals surface area contributed by atoms with Gasteiger partial charge in [0.1, 0.15) is 16.9 Å². The summed E-state index contributed by atoms with van der Waals surface area (Å²) in [6, 6.07) is 15.6. The van der Waals surface area contributed by atoms with Gasteiger partial charge in [-0.15, -0.1) is 0 Å². The van der Waals surface area contributed by atoms with Crippen molar-refractivity contribution < 1.29 is 19.1 Å². The number of carbonyl (C=O) groups is 2. The van der Waals surface area contributed by atoms with Gasteiger partial charge in [-0.1, -0.05) is 29.8 Å². The molecule has 2 heterocycles. The molecule has 3 aromatic carbocycles. The average Bonchev–Trinajstić information content (AvgIpc) is 2.84. The van der Waals surface area contributed by atoms with E-state index in [1.807, 2.05) is 0 Å². The number of carboxylic acid groups (broad SMARTS) is 1. The lowest BCUT2D eigenvalue weighted by molar-refractivity contribution is 0.0696. The summed E-state index contributed by atoms with van der Waals surface area (Å²) in [5, 5.41) is 13.7. The first kappa shape index (κ1) is 22.4. The van der Waals surface area contributed by atoms with Crippen LogP contribution in [-0.2, 0) is 0 Å². The van der Waals surface area contributed by atoms with Gasteiger partial charge < -0.3 is 10.4 Å². The van der Waals surface area contributed by atoms with Crippen molar-refractivity contribution in [2.75, 3.05) is 5.32 Å². The van der Waals surface area contributed by atoms with Crippen molar-refractivity contribution in [3.05, 3.63) is 88.8 Å². The van der Waals surface area contributed by atoms with Gasteiger partial charge >= 0.3 is 5.97 Å². The summed E-state index contributed by atoms with van der Waals surface area (Å²) < 4.78 is 15.0. The van der Waals surface area contributed by atoms with E-state index in [1.54, 1.807) is 36.4 Å². The molecular weight excluding hydrogens is 471 g/mol. The number of hydrogen-bond acceptors (Lipinski definition) is 6. The van der Waals surface area contributed by atoms with Gasteiger partial charge in [0.2, 0.25) is 5.95 Å². The monoisotopic (exact) mass is 486 g/mol. The van der Waals surface area contributed by atoms with Crippen molar-refractivity contribution in [1.29, 1.82) is 0 Å². The Morgan fingerprint density at radius 3 is 2.49 bits per heavy atom. The van der Waals surface area contributed by atoms with Gasteiger partial charge in [0, 0.05) is 32.6 Å². The molecule has 2 N–H and O–H groups in total. The van der Waals surface area contributed by atoms with Gasteiger partial charge in [-0.05, 0) is 49.4 Å². The van der Waals surface area contributed by atoms with E-state index in [0.717, 1.165) is 0 Å². The largest absolute Gasteiger partial charge is 0.478 e. The van der Waals surface area contributed by atoms with Crippen LogP contribution >= 0.6 is 11.6 Å². The van der Waals surface area contributed by atoms with Gasteiger partial charge in [0.25, 0.3) is 0 Å². The smallest absolute Gasteiger partial charge is 0.335 e. The molecule has 0 spiro atoms. The number of Topliss-reactive ketones (excluding diaryl/α,β-unsaturated/α-hetero) is 1. The van der Waals surface area contributed by atoms with Crippen molar-refractivity contribution >= 4 is 56.8 Å². The van der Waals surface area contributed by atoms with Crippen molar-refractivity contribution in [1.82, 2.24) is 15.0 Å². The van der Waals surface area contributed by atoms with Crippen LogP contribution in [0.4, 0.5) is 16.0 Å². The SMILES string of the molecule is CC(=O)c1cccc(F)c1-c1nc2cnc(Nc3ccc(C(=O)O)cc3)nc2c2ccc(Cl)cc12. The Balaban J connectivity index is 1.69. The van der Waals surface area contributed by atoms with Crippen LogP contribution < -0.4 is 5.32 Å². The number of aromatic carboxylic acids is 1. The van der Waals surface area contributed by atoms with E-state index < -0.39 is 11.8 Å². The van der Waals surface area contributed by atoms with Crippen LogP contribution in [0.1, 0.15) is 27.6 Å². The molecular formula is C26H16ClFN4O3. The fraction of sp³-hybridized carbons (Fsp3) is 0.0385. The Morgan fingerprint density at radius 1 is 1.00 bits per heavy atom. The number of nitrogens with zero attached hydrogens (tertiary/aromatic N) is 3. The van der Waals surface area contributed by atoms with Crippen LogP contribution in [0.5, 0.6) is 0 Å². The minimum Gasteiger partial charge on any atom is -0.478 e. The minimum absolute atomic E-state index is 0.0925. The highest BCUT2D eigenvalue weighted by Crippen LogP contribution is 2.36. The number of aromatic nitrogens is 3. The highest BCUT2D eigenvalue weighted by Gasteiger charge is 2.20. The highest BCUT2D eigenvalue weighted by molar-refractivity contribution is 6.32. The summed E-state index contributed by atoms with van der Waals surface area (Å²) >= 11 is 6.27. The number of nitrogens with one attached hydrogen (secondary N) is 1. The van der Waals surface area contributed by atoms with Crippen LogP contribution in [0, 0.1) is 5.82 Å². The zero-order valence-corrected chi connectivity index (χ0v) is 19.0. The third kappa shape index (κ3) is 4.15. The fourth-order valence-corrected chi connectivity index (χ4v) is 4.06. The first-order valence-corrected chi connectivity index (χ1v) is 10.9. The maximum atomic E-state index is 15.0. The van der Waals surface area contributed by atoms with Gasteiger partial charge in [-0.2, -0.15) is 0 Å². The molecule has 0 aliphatic carbocycles. The van der Waals surface area contributed by atoms with Gasteiger partial charge in [0.15, 0.2) is 5.78 Å². The summed E-state index contributed by atoms with van der Waals surface area (Å²) in [5.41, 5.74) is 2.24. The van der Waals surface area contributed by atoms with Crippen molar-refractivity contribution in [2.24, 2.45) is 0 Å². The fourth-order valence-electron chi connectivity index (χ4n) is 3.89. The Labute approximate surface area is 203 Å². The molecule has 0 atom stereocenters. The van der Waals surface area contributed by atoms with Crippen LogP contribution in [0.2, 0.25) is 5.02 Å². The number of pyridine rings is 1. The Bertz CT molecular complexity index is 1660. The van der Waals surface area contributed by atoms with Gasteiger partial charge in [0.05, 0.1) is 17.5 Å². The number of carbonyl (C=O) groups excluding carboxylic acids is 1. The number of benzene rings is 3. The maximum absolute atomic E-state index is 15.0. The molecule has 0 amide bonds. The zero-order valence-electron chi connectivity index (χ0n) is 18.2. The summed E-state index contributed by atoms with van der Waals surface area (Å²) in [4.78, 5) is 36.9. The number of fused-ring (bicyclic) bond motifs is 3. The lowest BCUT2D eigenvalue weighted by atomic mass is 9.96. The Kier molecular flexibility index (Phi) is 5.58. The molecule has 2 aromatic heterocycles. The summed E-state index contributed by atoms with van der Waals surface area (Å²) in [7, 11) is 0. The van der Waals surface area contributed by atoms with Crippen molar-refractivity contribution in [3.63, 3.8) is 0 Å². The molecule has 0 saturated carbocycles. The second kappa shape index (κ2) is 8.73. The summed E-state index contributed by atoms with van der Waals surface area (Å²) in [5.74, 6) is -1.62. The molecule has 0 radical (unpaired) electrons. The zero-order chi connectivity index (χ0) is 24.7. The van der Waals surface area contributed by atoms with Crippen molar-refractivity contribution in [2.45, 2.75) is 6.92 Å². The van der Waals surface area contributed by atoms with E-state index in [9.17, 15) is 9.59 Å². The van der Waals surface area contributed by atoms with Crippen LogP contribution in [0.15, 0.2) is 66.9 Å². The molecule has 0 aliphatic heterocycles. The standard InChI is InChI=1S/C26H16ClFN4O3/c1-13(33)17-3-2-4-20(28)22(17)24-19-11-15(27)7-10-18(19)23-21(31-24)12-29-26(32-23)30-16-8-5-14(6-9-16)25(34)35/h2-12H,1H3,(H,34,35)(H,29,30,32). The third-order valence-electron chi connectivity index (χ3n) is 5.51. The Morgan fingerprint density at radius 2 is 1.77 bits per heavy atom. The average molecular weight is 487 g/mol. The van der Waals surface area contributed by atoms with E-state index in [1.165, 1.54) is 37.4 Å². The number of hydrogen-bond donors (Lipinski definition) is 2. The number of rotatable bonds is 5. The predicted octanol–water partition coefficient (Wildman–Crippen LogP) is 6.28. The van der Waals surface area contributed by atoms with Crippen LogP contribution in [0.3, 0.4) is 0 Å². The van der Waals surface area contributed by atoms with Crippen LogP contribution in [0.25, 0.3) is 33.1 Å². The van der Waals surface area contributed by atoms with E-state index in [0.29, 0.717) is 32.5 Å². The van der Waals surface area contributed by atoms with Gasteiger partial charge in [-0.25, -0.2) is 24.1 Å². The second-order valence-electron chi connectivity index (χ2n) is 7.80. The molecule has 0 unspecified atom stereocenters. The molecule has 35 heavy (non-hydrogen) atoms. The third-order valence-corrected chi connectivity index (χ3v) is 5.75. The number of anilines is 2. The normalized spacial score (nSPS) is 11.1. The molecule has 9 heteroatoms. The van der Waals surface area contributed by atoms with E-state index in [4.69, 9.17) is 16.7 Å². The lowest BCUT2D eigenvalue weighted by Crippen LogP contribution is -2.03. The number of ketones is 1. The predicted molar refractivity (Wildman–Crippen MR) is 132 cm³/mol. The molecule has 5 rings (SSSR count). The quantitative estimate of drug-likeness (QED) is 0.222. The molecule has 7 nitrogen and oxygen atoms in total. The molecule has 172 valence electrons. The Hall–Kier alpha value is -4.43. The van der Waals surface area contributed by atoms with Gasteiger partial charge in [-0.3, -0.25) is 4.79 Å². The molecule has 0 saturated heterocycles. The topological polar surface area (TPSA) is 105 Å².